The molecule has 2 N–H and O–H groups in total. The van der Waals surface area contributed by atoms with Gasteiger partial charge in [-0.3, -0.25) is 4.79 Å². The Bertz CT molecular complexity index is 1020. The molecule has 3 aromatic heterocycles. The van der Waals surface area contributed by atoms with Crippen molar-refractivity contribution >= 4 is 23.6 Å². The zero-order valence-electron chi connectivity index (χ0n) is 17.0. The van der Waals surface area contributed by atoms with Gasteiger partial charge in [0, 0.05) is 36.6 Å². The molecule has 0 aliphatic carbocycles. The molecular formula is C22H25N7O. The zero-order valence-corrected chi connectivity index (χ0v) is 17.0. The number of aromatic nitrogens is 5. The minimum Gasteiger partial charge on any atom is -0.345 e. The number of hydrogen-bond donors (Lipinski definition) is 2. The Kier molecular flexibility index (Phi) is 6.12. The molecule has 1 saturated heterocycles. The molecule has 0 aromatic carbocycles. The van der Waals surface area contributed by atoms with Gasteiger partial charge in [-0.25, -0.2) is 19.9 Å². The molecule has 0 unspecified atom stereocenters. The molecule has 3 aromatic rings. The fraction of sp³-hybridized carbons (Fsp3) is 0.318. The Morgan fingerprint density at radius 3 is 3.10 bits per heavy atom. The summed E-state index contributed by atoms with van der Waals surface area (Å²) in [6.45, 7) is 3.48. The van der Waals surface area contributed by atoms with Crippen LogP contribution in [0.2, 0.25) is 0 Å². The SMILES string of the molecule is Cc1cccc(Nc2cc(C[C@@H]3CCCN(C(=O)/C=C/c4cnc[nH]4)C3)ncn2)n1. The summed E-state index contributed by atoms with van der Waals surface area (Å²) in [6, 6.07) is 7.79. The number of hydrogen-bond acceptors (Lipinski definition) is 6. The molecule has 0 radical (unpaired) electrons. The third-order valence-electron chi connectivity index (χ3n) is 5.12. The summed E-state index contributed by atoms with van der Waals surface area (Å²) in [5.74, 6) is 1.90. The molecule has 4 rings (SSSR count). The number of aromatic amines is 1. The first-order chi connectivity index (χ1) is 14.7. The van der Waals surface area contributed by atoms with Crippen molar-refractivity contribution in [2.75, 3.05) is 18.4 Å². The van der Waals surface area contributed by atoms with E-state index in [1.54, 1.807) is 31.0 Å². The second-order valence-corrected chi connectivity index (χ2v) is 7.52. The van der Waals surface area contributed by atoms with Crippen molar-refractivity contribution in [3.8, 4) is 0 Å². The number of carbonyl (C=O) groups excluding carboxylic acids is 1. The number of anilines is 2. The maximum atomic E-state index is 12.5. The first-order valence-electron chi connectivity index (χ1n) is 10.1. The van der Waals surface area contributed by atoms with Crippen LogP contribution in [0.5, 0.6) is 0 Å². The van der Waals surface area contributed by atoms with Gasteiger partial charge in [0.05, 0.1) is 18.2 Å². The van der Waals surface area contributed by atoms with Crippen molar-refractivity contribution in [3.63, 3.8) is 0 Å². The van der Waals surface area contributed by atoms with Crippen molar-refractivity contribution < 1.29 is 4.79 Å². The molecular weight excluding hydrogens is 378 g/mol. The number of imidazole rings is 1. The summed E-state index contributed by atoms with van der Waals surface area (Å²) >= 11 is 0. The number of aryl methyl sites for hydroxylation is 1. The molecule has 1 aliphatic rings. The highest BCUT2D eigenvalue weighted by Gasteiger charge is 2.23. The van der Waals surface area contributed by atoms with E-state index in [2.05, 4.69) is 30.2 Å². The van der Waals surface area contributed by atoms with Gasteiger partial charge in [0.2, 0.25) is 5.91 Å². The van der Waals surface area contributed by atoms with E-state index in [1.165, 1.54) is 0 Å². The van der Waals surface area contributed by atoms with Gasteiger partial charge in [-0.15, -0.1) is 0 Å². The van der Waals surface area contributed by atoms with Crippen LogP contribution < -0.4 is 5.32 Å². The topological polar surface area (TPSA) is 99.7 Å². The molecule has 8 nitrogen and oxygen atoms in total. The normalized spacial score (nSPS) is 16.7. The number of piperidine rings is 1. The minimum absolute atomic E-state index is 0.0323. The molecule has 4 heterocycles. The van der Waals surface area contributed by atoms with Gasteiger partial charge in [0.1, 0.15) is 18.0 Å². The maximum absolute atomic E-state index is 12.5. The van der Waals surface area contributed by atoms with E-state index in [1.807, 2.05) is 36.1 Å². The highest BCUT2D eigenvalue weighted by Crippen LogP contribution is 2.22. The molecule has 1 amide bonds. The number of nitrogens with zero attached hydrogens (tertiary/aromatic N) is 5. The number of amides is 1. The number of carbonyl (C=O) groups is 1. The molecule has 1 atom stereocenters. The van der Waals surface area contributed by atoms with Crippen LogP contribution >= 0.6 is 0 Å². The van der Waals surface area contributed by atoms with Crippen LogP contribution in [-0.4, -0.2) is 48.8 Å². The highest BCUT2D eigenvalue weighted by atomic mass is 16.2. The molecule has 30 heavy (non-hydrogen) atoms. The summed E-state index contributed by atoms with van der Waals surface area (Å²) < 4.78 is 0. The van der Waals surface area contributed by atoms with E-state index < -0.39 is 0 Å². The summed E-state index contributed by atoms with van der Waals surface area (Å²) in [5, 5.41) is 3.24. The van der Waals surface area contributed by atoms with Gasteiger partial charge >= 0.3 is 0 Å². The van der Waals surface area contributed by atoms with E-state index in [-0.39, 0.29) is 5.91 Å². The second-order valence-electron chi connectivity index (χ2n) is 7.52. The van der Waals surface area contributed by atoms with E-state index >= 15 is 0 Å². The van der Waals surface area contributed by atoms with Crippen molar-refractivity contribution in [2.45, 2.75) is 26.2 Å². The molecule has 0 saturated carbocycles. The van der Waals surface area contributed by atoms with E-state index in [4.69, 9.17) is 0 Å². The first kappa shape index (κ1) is 19.8. The lowest BCUT2D eigenvalue weighted by molar-refractivity contribution is -0.127. The van der Waals surface area contributed by atoms with Crippen LogP contribution in [0.4, 0.5) is 11.6 Å². The number of pyridine rings is 1. The lowest BCUT2D eigenvalue weighted by Gasteiger charge is -2.32. The third kappa shape index (κ3) is 5.28. The average molecular weight is 403 g/mol. The minimum atomic E-state index is 0.0323. The molecule has 8 heteroatoms. The Morgan fingerprint density at radius 2 is 2.27 bits per heavy atom. The number of likely N-dealkylation sites (tertiary alicyclic amines) is 1. The van der Waals surface area contributed by atoms with Crippen molar-refractivity contribution in [1.29, 1.82) is 0 Å². The average Bonchev–Trinajstić information content (AvgIpc) is 3.26. The Balaban J connectivity index is 1.36. The summed E-state index contributed by atoms with van der Waals surface area (Å²) in [7, 11) is 0. The maximum Gasteiger partial charge on any atom is 0.246 e. The van der Waals surface area contributed by atoms with Gasteiger partial charge in [0.25, 0.3) is 0 Å². The molecule has 1 aliphatic heterocycles. The van der Waals surface area contributed by atoms with Crippen LogP contribution in [-0.2, 0) is 11.2 Å². The lowest BCUT2D eigenvalue weighted by atomic mass is 9.93. The van der Waals surface area contributed by atoms with Crippen molar-refractivity contribution in [3.05, 3.63) is 66.3 Å². The van der Waals surface area contributed by atoms with Gasteiger partial charge in [-0.05, 0) is 50.3 Å². The van der Waals surface area contributed by atoms with E-state index in [0.717, 1.165) is 61.1 Å². The fourth-order valence-corrected chi connectivity index (χ4v) is 3.67. The van der Waals surface area contributed by atoms with Crippen LogP contribution in [0.3, 0.4) is 0 Å². The van der Waals surface area contributed by atoms with Crippen molar-refractivity contribution in [2.24, 2.45) is 5.92 Å². The molecule has 0 bridgehead atoms. The summed E-state index contributed by atoms with van der Waals surface area (Å²) in [5.41, 5.74) is 2.73. The number of H-pyrrole nitrogens is 1. The van der Waals surface area contributed by atoms with Gasteiger partial charge in [-0.2, -0.15) is 0 Å². The predicted molar refractivity (Wildman–Crippen MR) is 115 cm³/mol. The molecule has 1 fully saturated rings. The molecule has 0 spiro atoms. The largest absolute Gasteiger partial charge is 0.345 e. The Labute approximate surface area is 175 Å². The van der Waals surface area contributed by atoms with E-state index in [0.29, 0.717) is 5.92 Å². The summed E-state index contributed by atoms with van der Waals surface area (Å²) in [4.78, 5) is 34.6. The Hall–Kier alpha value is -3.55. The van der Waals surface area contributed by atoms with Crippen LogP contribution in [0, 0.1) is 12.8 Å². The third-order valence-corrected chi connectivity index (χ3v) is 5.12. The Morgan fingerprint density at radius 1 is 1.33 bits per heavy atom. The van der Waals surface area contributed by atoms with Crippen molar-refractivity contribution in [1.82, 2.24) is 29.8 Å². The van der Waals surface area contributed by atoms with Gasteiger partial charge in [-0.1, -0.05) is 6.07 Å². The standard InChI is InChI=1S/C22H25N7O/c1-16-4-2-6-20(27-16)28-21-11-19(25-15-26-21)10-17-5-3-9-29(13-17)22(30)8-7-18-12-23-14-24-18/h2,4,6-8,11-12,14-15,17H,3,5,9-10,13H2,1H3,(H,23,24)(H,25,26,27,28)/b8-7+/t17-/m0/s1. The number of rotatable bonds is 6. The quantitative estimate of drug-likeness (QED) is 0.614. The smallest absolute Gasteiger partial charge is 0.246 e. The fourth-order valence-electron chi connectivity index (χ4n) is 3.67. The van der Waals surface area contributed by atoms with Crippen LogP contribution in [0.1, 0.15) is 29.9 Å². The highest BCUT2D eigenvalue weighted by molar-refractivity contribution is 5.91. The van der Waals surface area contributed by atoms with Crippen LogP contribution in [0.15, 0.2) is 49.2 Å². The first-order valence-corrected chi connectivity index (χ1v) is 10.1. The van der Waals surface area contributed by atoms with Gasteiger partial charge < -0.3 is 15.2 Å². The summed E-state index contributed by atoms with van der Waals surface area (Å²) in [6.07, 6.45) is 11.1. The van der Waals surface area contributed by atoms with E-state index in [9.17, 15) is 4.79 Å². The monoisotopic (exact) mass is 403 g/mol. The van der Waals surface area contributed by atoms with Crippen LogP contribution in [0.25, 0.3) is 6.08 Å². The number of nitrogens with one attached hydrogen (secondary N) is 2. The zero-order chi connectivity index (χ0) is 20.8. The predicted octanol–water partition coefficient (Wildman–Crippen LogP) is 3.14. The lowest BCUT2D eigenvalue weighted by Crippen LogP contribution is -2.39. The molecule has 154 valence electrons. The van der Waals surface area contributed by atoms with Gasteiger partial charge in [0.15, 0.2) is 0 Å². The second kappa shape index (κ2) is 9.30.